The van der Waals surface area contributed by atoms with E-state index in [1.165, 1.54) is 12.1 Å². The van der Waals surface area contributed by atoms with Crippen molar-refractivity contribution in [1.82, 2.24) is 9.88 Å². The fraction of sp³-hybridized carbons (Fsp3) is 0.400. The lowest BCUT2D eigenvalue weighted by Crippen LogP contribution is -2.38. The van der Waals surface area contributed by atoms with Crippen LogP contribution in [0.4, 0.5) is 4.39 Å². The lowest BCUT2D eigenvalue weighted by Gasteiger charge is -2.35. The van der Waals surface area contributed by atoms with Gasteiger partial charge >= 0.3 is 0 Å². The number of hydrogen-bond acceptors (Lipinski definition) is 2. The predicted octanol–water partition coefficient (Wildman–Crippen LogP) is 4.66. The quantitative estimate of drug-likeness (QED) is 0.822. The summed E-state index contributed by atoms with van der Waals surface area (Å²) in [6.45, 7) is 4.67. The summed E-state index contributed by atoms with van der Waals surface area (Å²) in [5.74, 6) is -0.0527. The maximum Gasteiger partial charge on any atom is 0.222 e. The van der Waals surface area contributed by atoms with Gasteiger partial charge in [-0.05, 0) is 61.6 Å². The van der Waals surface area contributed by atoms with Crippen LogP contribution in [0.1, 0.15) is 50.0 Å². The van der Waals surface area contributed by atoms with E-state index < -0.39 is 0 Å². The van der Waals surface area contributed by atoms with Crippen LogP contribution < -0.4 is 0 Å². The molecule has 0 spiro atoms. The van der Waals surface area contributed by atoms with Gasteiger partial charge in [0.1, 0.15) is 5.82 Å². The molecular formula is C20H23FN2O. The normalized spacial score (nSPS) is 17.8. The van der Waals surface area contributed by atoms with Crippen LogP contribution >= 0.6 is 0 Å². The van der Waals surface area contributed by atoms with Crippen LogP contribution in [0.15, 0.2) is 36.4 Å². The zero-order valence-electron chi connectivity index (χ0n) is 14.3. The van der Waals surface area contributed by atoms with Gasteiger partial charge in [-0.3, -0.25) is 9.78 Å². The molecule has 2 heterocycles. The molecule has 1 aromatic heterocycles. The first kappa shape index (κ1) is 16.6. The monoisotopic (exact) mass is 326 g/mol. The van der Waals surface area contributed by atoms with Crippen LogP contribution in [0.5, 0.6) is 0 Å². The van der Waals surface area contributed by atoms with Crippen LogP contribution in [0.3, 0.4) is 0 Å². The van der Waals surface area contributed by atoms with Crippen molar-refractivity contribution in [3.05, 3.63) is 53.6 Å². The fourth-order valence-corrected chi connectivity index (χ4v) is 3.41. The molecule has 0 aliphatic carbocycles. The van der Waals surface area contributed by atoms with E-state index in [-0.39, 0.29) is 17.8 Å². The number of aryl methyl sites for hydroxylation is 1. The van der Waals surface area contributed by atoms with E-state index in [9.17, 15) is 9.18 Å². The molecule has 1 amide bonds. The first-order valence-corrected chi connectivity index (χ1v) is 8.62. The Hall–Kier alpha value is -2.23. The number of piperidine rings is 1. The maximum absolute atomic E-state index is 13.2. The Labute approximate surface area is 142 Å². The molecule has 126 valence electrons. The van der Waals surface area contributed by atoms with Gasteiger partial charge in [0.05, 0.1) is 11.7 Å². The Morgan fingerprint density at radius 1 is 1.21 bits per heavy atom. The molecule has 0 saturated carbocycles. The summed E-state index contributed by atoms with van der Waals surface area (Å²) >= 11 is 0. The van der Waals surface area contributed by atoms with Crippen LogP contribution in [-0.4, -0.2) is 22.3 Å². The molecule has 3 nitrogen and oxygen atoms in total. The highest BCUT2D eigenvalue weighted by molar-refractivity contribution is 5.76. The van der Waals surface area contributed by atoms with E-state index in [0.717, 1.165) is 48.3 Å². The summed E-state index contributed by atoms with van der Waals surface area (Å²) in [4.78, 5) is 19.0. The molecule has 0 N–H and O–H groups in total. The van der Waals surface area contributed by atoms with Gasteiger partial charge in [-0.2, -0.15) is 0 Å². The Kier molecular flexibility index (Phi) is 4.93. The number of carbonyl (C=O) groups excluding carboxylic acids is 1. The van der Waals surface area contributed by atoms with Crippen molar-refractivity contribution in [2.45, 2.75) is 45.6 Å². The molecule has 1 saturated heterocycles. The molecule has 1 aliphatic heterocycles. The molecule has 0 unspecified atom stereocenters. The molecule has 3 rings (SSSR count). The Morgan fingerprint density at radius 2 is 1.96 bits per heavy atom. The fourth-order valence-electron chi connectivity index (χ4n) is 3.41. The number of nitrogens with zero attached hydrogens (tertiary/aromatic N) is 2. The van der Waals surface area contributed by atoms with E-state index in [1.807, 2.05) is 30.9 Å². The minimum absolute atomic E-state index is 0.0466. The van der Waals surface area contributed by atoms with E-state index >= 15 is 0 Å². The second-order valence-electron chi connectivity index (χ2n) is 6.38. The number of aromatic nitrogens is 1. The van der Waals surface area contributed by atoms with Gasteiger partial charge in [0.15, 0.2) is 0 Å². The minimum atomic E-state index is -0.239. The van der Waals surface area contributed by atoms with Gasteiger partial charge in [-0.1, -0.05) is 19.1 Å². The largest absolute Gasteiger partial charge is 0.334 e. The van der Waals surface area contributed by atoms with Crippen LogP contribution in [-0.2, 0) is 4.79 Å². The first-order valence-electron chi connectivity index (χ1n) is 8.62. The average Bonchev–Trinajstić information content (AvgIpc) is 2.61. The summed E-state index contributed by atoms with van der Waals surface area (Å²) in [6, 6.07) is 10.6. The number of amides is 1. The van der Waals surface area contributed by atoms with Gasteiger partial charge < -0.3 is 4.90 Å². The molecule has 4 heteroatoms. The molecule has 1 aromatic carbocycles. The Balaban J connectivity index is 1.98. The highest BCUT2D eigenvalue weighted by Gasteiger charge is 2.28. The molecule has 1 fully saturated rings. The van der Waals surface area contributed by atoms with Gasteiger partial charge in [-0.25, -0.2) is 4.39 Å². The number of rotatable bonds is 3. The van der Waals surface area contributed by atoms with Crippen molar-refractivity contribution in [3.8, 4) is 11.1 Å². The summed E-state index contributed by atoms with van der Waals surface area (Å²) in [5.41, 5.74) is 3.84. The SMILES string of the molecule is CCC(=O)N1CCCC[C@H]1c1cc(-c2ccc(F)cc2)cc(C)n1. The third-order valence-corrected chi connectivity index (χ3v) is 4.62. The molecule has 2 aromatic rings. The lowest BCUT2D eigenvalue weighted by atomic mass is 9.95. The molecule has 24 heavy (non-hydrogen) atoms. The number of pyridine rings is 1. The van der Waals surface area contributed by atoms with E-state index in [1.54, 1.807) is 12.1 Å². The number of hydrogen-bond donors (Lipinski definition) is 0. The third-order valence-electron chi connectivity index (χ3n) is 4.62. The number of likely N-dealkylation sites (tertiary alicyclic amines) is 1. The number of halogens is 1. The van der Waals surface area contributed by atoms with E-state index in [0.29, 0.717) is 6.42 Å². The molecule has 1 atom stereocenters. The second-order valence-corrected chi connectivity index (χ2v) is 6.38. The van der Waals surface area contributed by atoms with Crippen LogP contribution in [0, 0.1) is 12.7 Å². The highest BCUT2D eigenvalue weighted by atomic mass is 19.1. The van der Waals surface area contributed by atoms with E-state index in [2.05, 4.69) is 0 Å². The van der Waals surface area contributed by atoms with Crippen molar-refractivity contribution >= 4 is 5.91 Å². The van der Waals surface area contributed by atoms with Crippen molar-refractivity contribution in [3.63, 3.8) is 0 Å². The van der Waals surface area contributed by atoms with Gasteiger partial charge in [0, 0.05) is 18.7 Å². The minimum Gasteiger partial charge on any atom is -0.334 e. The average molecular weight is 326 g/mol. The molecule has 0 bridgehead atoms. The topological polar surface area (TPSA) is 33.2 Å². The molecule has 0 radical (unpaired) electrons. The van der Waals surface area contributed by atoms with Crippen molar-refractivity contribution in [2.75, 3.05) is 6.54 Å². The van der Waals surface area contributed by atoms with E-state index in [4.69, 9.17) is 4.98 Å². The smallest absolute Gasteiger partial charge is 0.222 e. The lowest BCUT2D eigenvalue weighted by molar-refractivity contribution is -0.134. The van der Waals surface area contributed by atoms with Gasteiger partial charge in [0.2, 0.25) is 5.91 Å². The summed E-state index contributed by atoms with van der Waals surface area (Å²) < 4.78 is 13.2. The summed E-state index contributed by atoms with van der Waals surface area (Å²) in [7, 11) is 0. The van der Waals surface area contributed by atoms with Crippen LogP contribution in [0.25, 0.3) is 11.1 Å². The molecular weight excluding hydrogens is 303 g/mol. The number of carbonyl (C=O) groups is 1. The van der Waals surface area contributed by atoms with Crippen molar-refractivity contribution in [2.24, 2.45) is 0 Å². The highest BCUT2D eigenvalue weighted by Crippen LogP contribution is 2.33. The zero-order valence-corrected chi connectivity index (χ0v) is 14.3. The first-order chi connectivity index (χ1) is 11.6. The third kappa shape index (κ3) is 3.48. The zero-order chi connectivity index (χ0) is 17.1. The van der Waals surface area contributed by atoms with Crippen LogP contribution in [0.2, 0.25) is 0 Å². The Morgan fingerprint density at radius 3 is 2.67 bits per heavy atom. The summed E-state index contributed by atoms with van der Waals surface area (Å²) in [6.07, 6.45) is 3.64. The summed E-state index contributed by atoms with van der Waals surface area (Å²) in [5, 5.41) is 0. The second kappa shape index (κ2) is 7.12. The predicted molar refractivity (Wildman–Crippen MR) is 93.0 cm³/mol. The van der Waals surface area contributed by atoms with Gasteiger partial charge in [-0.15, -0.1) is 0 Å². The maximum atomic E-state index is 13.2. The standard InChI is InChI=1S/C20H23FN2O/c1-3-20(24)23-11-5-4-6-19(23)18-13-16(12-14(2)22-18)15-7-9-17(21)10-8-15/h7-10,12-13,19H,3-6,11H2,1-2H3/t19-/m0/s1. The Bertz CT molecular complexity index is 727. The number of benzene rings is 1. The van der Waals surface area contributed by atoms with Crippen molar-refractivity contribution < 1.29 is 9.18 Å². The van der Waals surface area contributed by atoms with Crippen molar-refractivity contribution in [1.29, 1.82) is 0 Å². The van der Waals surface area contributed by atoms with Gasteiger partial charge in [0.25, 0.3) is 0 Å². The molecule has 1 aliphatic rings.